The van der Waals surface area contributed by atoms with Gasteiger partial charge in [-0.25, -0.2) is 10.3 Å². The summed E-state index contributed by atoms with van der Waals surface area (Å²) in [7, 11) is 1.50. The maximum Gasteiger partial charge on any atom is 0.431 e. The van der Waals surface area contributed by atoms with Gasteiger partial charge in [-0.3, -0.25) is 0 Å². The van der Waals surface area contributed by atoms with Crippen LogP contribution < -0.4 is 10.8 Å². The first kappa shape index (κ1) is 8.39. The first-order valence-electron chi connectivity index (χ1n) is 3.52. The van der Waals surface area contributed by atoms with Gasteiger partial charge in [-0.15, -0.1) is 0 Å². The molecule has 0 aliphatic heterocycles. The molecule has 0 unspecified atom stereocenters. The summed E-state index contributed by atoms with van der Waals surface area (Å²) in [4.78, 5) is 15.2. The number of carbonyl (C=O) groups is 1. The van der Waals surface area contributed by atoms with Gasteiger partial charge in [0.2, 0.25) is 0 Å². The zero-order valence-corrected chi connectivity index (χ0v) is 6.70. The third kappa shape index (κ3) is 2.49. The number of carbonyl (C=O) groups excluding carboxylic acids is 1. The minimum Gasteiger partial charge on any atom is -0.324 e. The number of anilines is 1. The van der Waals surface area contributed by atoms with Crippen LogP contribution in [0.15, 0.2) is 30.3 Å². The summed E-state index contributed by atoms with van der Waals surface area (Å²) >= 11 is 0. The average molecular weight is 166 g/mol. The first-order valence-corrected chi connectivity index (χ1v) is 3.52. The molecule has 1 rings (SSSR count). The van der Waals surface area contributed by atoms with Crippen LogP contribution in [-0.4, -0.2) is 13.1 Å². The van der Waals surface area contributed by atoms with Gasteiger partial charge in [0, 0.05) is 7.05 Å². The van der Waals surface area contributed by atoms with Gasteiger partial charge in [-0.1, -0.05) is 18.2 Å². The van der Waals surface area contributed by atoms with E-state index in [0.29, 0.717) is 0 Å². The molecular formula is C8H10N2O2. The summed E-state index contributed by atoms with van der Waals surface area (Å²) in [5, 5.41) is 2.31. The van der Waals surface area contributed by atoms with Gasteiger partial charge in [0.1, 0.15) is 0 Å². The molecule has 0 aliphatic rings. The molecule has 0 fully saturated rings. The van der Waals surface area contributed by atoms with Gasteiger partial charge in [-0.05, 0) is 12.1 Å². The van der Waals surface area contributed by atoms with Crippen LogP contribution >= 0.6 is 0 Å². The molecule has 0 aliphatic carbocycles. The highest BCUT2D eigenvalue weighted by Gasteiger charge is 1.95. The molecule has 2 N–H and O–H groups in total. The van der Waals surface area contributed by atoms with Gasteiger partial charge >= 0.3 is 6.09 Å². The van der Waals surface area contributed by atoms with Crippen LogP contribution in [0.3, 0.4) is 0 Å². The Balaban J connectivity index is 2.38. The van der Waals surface area contributed by atoms with Crippen molar-refractivity contribution in [1.29, 1.82) is 0 Å². The maximum absolute atomic E-state index is 10.6. The first-order chi connectivity index (χ1) is 5.83. The highest BCUT2D eigenvalue weighted by Crippen LogP contribution is 2.03. The van der Waals surface area contributed by atoms with E-state index in [0.717, 1.165) is 5.69 Å². The Hall–Kier alpha value is -1.71. The number of hydrogen-bond acceptors (Lipinski definition) is 3. The zero-order chi connectivity index (χ0) is 8.81. The Labute approximate surface area is 70.5 Å². The molecule has 12 heavy (non-hydrogen) atoms. The topological polar surface area (TPSA) is 50.4 Å². The Kier molecular flexibility index (Phi) is 2.95. The van der Waals surface area contributed by atoms with Crippen molar-refractivity contribution in [2.75, 3.05) is 12.5 Å². The second kappa shape index (κ2) is 4.23. The Morgan fingerprint density at radius 3 is 2.58 bits per heavy atom. The van der Waals surface area contributed by atoms with E-state index in [-0.39, 0.29) is 0 Å². The van der Waals surface area contributed by atoms with Gasteiger partial charge in [-0.2, -0.15) is 0 Å². The van der Waals surface area contributed by atoms with Crippen molar-refractivity contribution in [1.82, 2.24) is 5.32 Å². The quantitative estimate of drug-likeness (QED) is 0.652. The lowest BCUT2D eigenvalue weighted by atomic mass is 10.3. The summed E-state index contributed by atoms with van der Waals surface area (Å²) in [5.41, 5.74) is 3.22. The van der Waals surface area contributed by atoms with Gasteiger partial charge in [0.05, 0.1) is 5.69 Å². The highest BCUT2D eigenvalue weighted by molar-refractivity contribution is 5.67. The fourth-order valence-corrected chi connectivity index (χ4v) is 0.662. The SMILES string of the molecule is CNC(=O)ONc1ccccc1. The molecule has 0 heterocycles. The molecule has 4 heteroatoms. The van der Waals surface area contributed by atoms with Crippen molar-refractivity contribution in [3.63, 3.8) is 0 Å². The number of para-hydroxylation sites is 1. The molecule has 4 nitrogen and oxygen atoms in total. The summed E-state index contributed by atoms with van der Waals surface area (Å²) in [5.74, 6) is 0. The van der Waals surface area contributed by atoms with Crippen molar-refractivity contribution in [2.24, 2.45) is 0 Å². The van der Waals surface area contributed by atoms with Crippen LogP contribution in [0.2, 0.25) is 0 Å². The van der Waals surface area contributed by atoms with Crippen molar-refractivity contribution in [2.45, 2.75) is 0 Å². The van der Waals surface area contributed by atoms with Crippen LogP contribution in [-0.2, 0) is 4.84 Å². The molecule has 0 saturated heterocycles. The molecule has 1 aromatic carbocycles. The van der Waals surface area contributed by atoms with Gasteiger partial charge in [0.15, 0.2) is 0 Å². The lowest BCUT2D eigenvalue weighted by Crippen LogP contribution is -2.21. The van der Waals surface area contributed by atoms with Crippen molar-refractivity contribution in [3.05, 3.63) is 30.3 Å². The van der Waals surface area contributed by atoms with E-state index in [1.54, 1.807) is 12.1 Å². The Morgan fingerprint density at radius 2 is 2.00 bits per heavy atom. The van der Waals surface area contributed by atoms with E-state index in [2.05, 4.69) is 15.6 Å². The summed E-state index contributed by atoms with van der Waals surface area (Å²) in [6.45, 7) is 0. The molecule has 64 valence electrons. The molecule has 0 spiro atoms. The third-order valence-electron chi connectivity index (χ3n) is 1.24. The zero-order valence-electron chi connectivity index (χ0n) is 6.70. The number of nitrogens with one attached hydrogen (secondary N) is 2. The monoisotopic (exact) mass is 166 g/mol. The molecular weight excluding hydrogens is 156 g/mol. The Bertz CT molecular complexity index is 248. The van der Waals surface area contributed by atoms with E-state index in [9.17, 15) is 4.79 Å². The lowest BCUT2D eigenvalue weighted by Gasteiger charge is -2.04. The average Bonchev–Trinajstić information content (AvgIpc) is 2.16. The largest absolute Gasteiger partial charge is 0.431 e. The van der Waals surface area contributed by atoms with E-state index >= 15 is 0 Å². The standard InChI is InChI=1S/C8H10N2O2/c1-9-8(11)12-10-7-5-3-2-4-6-7/h2-6,10H,1H3,(H,9,11). The van der Waals surface area contributed by atoms with Crippen molar-refractivity contribution < 1.29 is 9.63 Å². The van der Waals surface area contributed by atoms with E-state index < -0.39 is 6.09 Å². The second-order valence-corrected chi connectivity index (χ2v) is 2.11. The lowest BCUT2D eigenvalue weighted by molar-refractivity contribution is 0.172. The van der Waals surface area contributed by atoms with E-state index in [1.807, 2.05) is 18.2 Å². The number of rotatable bonds is 2. The van der Waals surface area contributed by atoms with Crippen LogP contribution in [0.4, 0.5) is 10.5 Å². The van der Waals surface area contributed by atoms with Crippen molar-refractivity contribution >= 4 is 11.8 Å². The number of amides is 1. The fourth-order valence-electron chi connectivity index (χ4n) is 0.662. The fraction of sp³-hybridized carbons (Fsp3) is 0.125. The van der Waals surface area contributed by atoms with Crippen LogP contribution in [0, 0.1) is 0 Å². The van der Waals surface area contributed by atoms with Crippen molar-refractivity contribution in [3.8, 4) is 0 Å². The van der Waals surface area contributed by atoms with Crippen LogP contribution in [0.5, 0.6) is 0 Å². The minimum atomic E-state index is -0.515. The highest BCUT2D eigenvalue weighted by atomic mass is 16.7. The third-order valence-corrected chi connectivity index (χ3v) is 1.24. The Morgan fingerprint density at radius 1 is 1.33 bits per heavy atom. The van der Waals surface area contributed by atoms with E-state index in [1.165, 1.54) is 7.05 Å². The summed E-state index contributed by atoms with van der Waals surface area (Å²) in [6, 6.07) is 9.15. The molecule has 0 atom stereocenters. The predicted octanol–water partition coefficient (Wildman–Crippen LogP) is 1.37. The van der Waals surface area contributed by atoms with E-state index in [4.69, 9.17) is 0 Å². The van der Waals surface area contributed by atoms with Crippen LogP contribution in [0.1, 0.15) is 0 Å². The summed E-state index contributed by atoms with van der Waals surface area (Å²) < 4.78 is 0. The van der Waals surface area contributed by atoms with Gasteiger partial charge < -0.3 is 10.2 Å². The molecule has 0 saturated carbocycles. The number of hydrogen-bond donors (Lipinski definition) is 2. The second-order valence-electron chi connectivity index (χ2n) is 2.11. The molecule has 1 aromatic rings. The molecule has 0 aromatic heterocycles. The molecule has 1 amide bonds. The van der Waals surface area contributed by atoms with Gasteiger partial charge in [0.25, 0.3) is 0 Å². The smallest absolute Gasteiger partial charge is 0.324 e. The minimum absolute atomic E-state index is 0.515. The molecule has 0 radical (unpaired) electrons. The maximum atomic E-state index is 10.6. The van der Waals surface area contributed by atoms with Crippen LogP contribution in [0.25, 0.3) is 0 Å². The predicted molar refractivity (Wildman–Crippen MR) is 45.6 cm³/mol. The normalized spacial score (nSPS) is 8.75. The summed E-state index contributed by atoms with van der Waals surface area (Å²) in [6.07, 6.45) is -0.515. The number of benzene rings is 1. The molecule has 0 bridgehead atoms.